The number of para-hydroxylation sites is 1. The quantitative estimate of drug-likeness (QED) is 0.386. The third kappa shape index (κ3) is 3.89. The molecule has 4 aromatic rings. The molecule has 0 atom stereocenters. The fourth-order valence-corrected chi connectivity index (χ4v) is 4.65. The van der Waals surface area contributed by atoms with Crippen molar-refractivity contribution in [2.75, 3.05) is 23.8 Å². The van der Waals surface area contributed by atoms with Crippen LogP contribution >= 0.6 is 11.8 Å². The number of fused-ring (bicyclic) bond motifs is 1. The molecule has 2 aromatic heterocycles. The molecule has 5 rings (SSSR count). The second kappa shape index (κ2) is 8.92. The summed E-state index contributed by atoms with van der Waals surface area (Å²) in [6, 6.07) is 19.4. The van der Waals surface area contributed by atoms with Gasteiger partial charge >= 0.3 is 0 Å². The fourth-order valence-electron chi connectivity index (χ4n) is 3.82. The Bertz CT molecular complexity index is 1220. The summed E-state index contributed by atoms with van der Waals surface area (Å²) < 4.78 is 13.0. The van der Waals surface area contributed by atoms with Gasteiger partial charge in [-0.05, 0) is 61.4 Å². The molecule has 162 valence electrons. The first-order valence-corrected chi connectivity index (χ1v) is 11.5. The summed E-state index contributed by atoms with van der Waals surface area (Å²) in [5, 5.41) is 9.34. The average molecular weight is 447 g/mol. The van der Waals surface area contributed by atoms with Crippen LogP contribution in [0.15, 0.2) is 76.5 Å². The summed E-state index contributed by atoms with van der Waals surface area (Å²) in [6.07, 6.45) is 2.49. The Morgan fingerprint density at radius 3 is 2.72 bits per heavy atom. The van der Waals surface area contributed by atoms with Crippen LogP contribution in [0.3, 0.4) is 0 Å². The number of carbonyl (C=O) groups excluding carboxylic acids is 1. The van der Waals surface area contributed by atoms with Crippen molar-refractivity contribution in [3.63, 3.8) is 0 Å². The van der Waals surface area contributed by atoms with Crippen LogP contribution in [0.5, 0.6) is 5.75 Å². The molecule has 0 saturated heterocycles. The van der Waals surface area contributed by atoms with Crippen LogP contribution in [-0.4, -0.2) is 39.6 Å². The summed E-state index contributed by atoms with van der Waals surface area (Å²) >= 11 is 1.37. The Labute approximate surface area is 190 Å². The number of benzene rings is 2. The standard InChI is InChI=1S/C24H22N4O3S/c1-2-30-19-11-9-18(10-12-19)28-23(21-8-5-15-31-21)25-26-24(28)32-16-22(29)27-14-13-17-6-3-4-7-20(17)27/h3-12,15H,2,13-14,16H2,1H3. The van der Waals surface area contributed by atoms with E-state index in [2.05, 4.69) is 16.3 Å². The molecule has 0 spiro atoms. The second-order valence-corrected chi connectivity index (χ2v) is 8.20. The smallest absolute Gasteiger partial charge is 0.237 e. The largest absolute Gasteiger partial charge is 0.494 e. The number of thioether (sulfide) groups is 1. The van der Waals surface area contributed by atoms with Crippen LogP contribution in [-0.2, 0) is 11.2 Å². The van der Waals surface area contributed by atoms with Crippen molar-refractivity contribution in [3.8, 4) is 23.0 Å². The number of carbonyl (C=O) groups is 1. The predicted octanol–water partition coefficient (Wildman–Crippen LogP) is 4.61. The van der Waals surface area contributed by atoms with Crippen molar-refractivity contribution in [2.45, 2.75) is 18.5 Å². The molecular weight excluding hydrogens is 424 g/mol. The lowest BCUT2D eigenvalue weighted by atomic mass is 10.2. The van der Waals surface area contributed by atoms with Crippen LogP contribution in [0.2, 0.25) is 0 Å². The average Bonchev–Trinajstić information content (AvgIpc) is 3.57. The van der Waals surface area contributed by atoms with Crippen molar-refractivity contribution < 1.29 is 13.9 Å². The van der Waals surface area contributed by atoms with Crippen LogP contribution in [0.1, 0.15) is 12.5 Å². The molecule has 3 heterocycles. The summed E-state index contributed by atoms with van der Waals surface area (Å²) in [6.45, 7) is 3.27. The molecule has 0 radical (unpaired) electrons. The number of furan rings is 1. The number of nitrogens with zero attached hydrogens (tertiary/aromatic N) is 4. The zero-order valence-corrected chi connectivity index (χ0v) is 18.4. The van der Waals surface area contributed by atoms with E-state index in [0.29, 0.717) is 29.9 Å². The third-order valence-electron chi connectivity index (χ3n) is 5.29. The van der Waals surface area contributed by atoms with Gasteiger partial charge in [0.05, 0.1) is 24.3 Å². The van der Waals surface area contributed by atoms with E-state index >= 15 is 0 Å². The van der Waals surface area contributed by atoms with Gasteiger partial charge in [-0.2, -0.15) is 0 Å². The summed E-state index contributed by atoms with van der Waals surface area (Å²) in [5.74, 6) is 2.31. The zero-order chi connectivity index (χ0) is 21.9. The van der Waals surface area contributed by atoms with Gasteiger partial charge in [-0.25, -0.2) is 0 Å². The van der Waals surface area contributed by atoms with E-state index in [9.17, 15) is 4.79 Å². The number of amides is 1. The van der Waals surface area contributed by atoms with Gasteiger partial charge in [-0.1, -0.05) is 30.0 Å². The van der Waals surface area contributed by atoms with Gasteiger partial charge in [0, 0.05) is 12.2 Å². The van der Waals surface area contributed by atoms with Gasteiger partial charge in [0.2, 0.25) is 11.7 Å². The maximum absolute atomic E-state index is 13.0. The van der Waals surface area contributed by atoms with E-state index in [0.717, 1.165) is 23.5 Å². The topological polar surface area (TPSA) is 73.4 Å². The number of anilines is 1. The van der Waals surface area contributed by atoms with E-state index in [1.54, 1.807) is 6.26 Å². The van der Waals surface area contributed by atoms with Crippen LogP contribution < -0.4 is 9.64 Å². The maximum atomic E-state index is 13.0. The number of hydrogen-bond donors (Lipinski definition) is 0. The Morgan fingerprint density at radius 2 is 1.94 bits per heavy atom. The minimum atomic E-state index is 0.0562. The summed E-state index contributed by atoms with van der Waals surface area (Å²) in [5.41, 5.74) is 3.08. The lowest BCUT2D eigenvalue weighted by molar-refractivity contribution is -0.116. The molecule has 1 aliphatic rings. The molecule has 0 bridgehead atoms. The van der Waals surface area contributed by atoms with Crippen LogP contribution in [0.4, 0.5) is 5.69 Å². The van der Waals surface area contributed by atoms with Crippen molar-refractivity contribution >= 4 is 23.4 Å². The van der Waals surface area contributed by atoms with E-state index < -0.39 is 0 Å². The van der Waals surface area contributed by atoms with Crippen LogP contribution in [0.25, 0.3) is 17.3 Å². The van der Waals surface area contributed by atoms with Gasteiger partial charge < -0.3 is 14.1 Å². The van der Waals surface area contributed by atoms with Crippen LogP contribution in [0, 0.1) is 0 Å². The van der Waals surface area contributed by atoms with E-state index in [1.807, 2.05) is 71.0 Å². The van der Waals surface area contributed by atoms with Gasteiger partial charge in [0.15, 0.2) is 10.9 Å². The van der Waals surface area contributed by atoms with Crippen molar-refractivity contribution in [1.82, 2.24) is 14.8 Å². The Hall–Kier alpha value is -3.52. The monoisotopic (exact) mass is 446 g/mol. The van der Waals surface area contributed by atoms with Crippen molar-refractivity contribution in [2.24, 2.45) is 0 Å². The molecule has 1 aliphatic heterocycles. The summed E-state index contributed by atoms with van der Waals surface area (Å²) in [7, 11) is 0. The van der Waals surface area contributed by atoms with E-state index in [-0.39, 0.29) is 11.7 Å². The molecule has 0 unspecified atom stereocenters. The highest BCUT2D eigenvalue weighted by Crippen LogP contribution is 2.31. The molecule has 8 heteroatoms. The highest BCUT2D eigenvalue weighted by atomic mass is 32.2. The molecule has 2 aromatic carbocycles. The highest BCUT2D eigenvalue weighted by Gasteiger charge is 2.25. The van der Waals surface area contributed by atoms with Gasteiger partial charge in [-0.15, -0.1) is 10.2 Å². The van der Waals surface area contributed by atoms with E-state index in [4.69, 9.17) is 9.15 Å². The first-order valence-electron chi connectivity index (χ1n) is 10.5. The molecule has 0 fully saturated rings. The Morgan fingerprint density at radius 1 is 1.09 bits per heavy atom. The third-order valence-corrected chi connectivity index (χ3v) is 6.21. The molecule has 7 nitrogen and oxygen atoms in total. The van der Waals surface area contributed by atoms with E-state index in [1.165, 1.54) is 17.3 Å². The molecule has 0 N–H and O–H groups in total. The Balaban J connectivity index is 1.41. The van der Waals surface area contributed by atoms with Crippen molar-refractivity contribution in [3.05, 3.63) is 72.5 Å². The SMILES string of the molecule is CCOc1ccc(-n2c(SCC(=O)N3CCc4ccccc43)nnc2-c2ccco2)cc1. The Kier molecular flexibility index (Phi) is 5.68. The maximum Gasteiger partial charge on any atom is 0.237 e. The molecule has 0 saturated carbocycles. The summed E-state index contributed by atoms with van der Waals surface area (Å²) in [4.78, 5) is 14.8. The lowest BCUT2D eigenvalue weighted by Gasteiger charge is -2.17. The molecular formula is C24H22N4O3S. The number of ether oxygens (including phenoxy) is 1. The first kappa shape index (κ1) is 20.4. The lowest BCUT2D eigenvalue weighted by Crippen LogP contribution is -2.30. The zero-order valence-electron chi connectivity index (χ0n) is 17.6. The number of hydrogen-bond acceptors (Lipinski definition) is 6. The minimum Gasteiger partial charge on any atom is -0.494 e. The second-order valence-electron chi connectivity index (χ2n) is 7.26. The first-order chi connectivity index (χ1) is 15.7. The molecule has 1 amide bonds. The highest BCUT2D eigenvalue weighted by molar-refractivity contribution is 7.99. The number of rotatable bonds is 7. The van der Waals surface area contributed by atoms with Gasteiger partial charge in [-0.3, -0.25) is 9.36 Å². The molecule has 32 heavy (non-hydrogen) atoms. The van der Waals surface area contributed by atoms with Gasteiger partial charge in [0.25, 0.3) is 0 Å². The normalized spacial score (nSPS) is 12.7. The van der Waals surface area contributed by atoms with Gasteiger partial charge in [0.1, 0.15) is 5.75 Å². The molecule has 0 aliphatic carbocycles. The minimum absolute atomic E-state index is 0.0562. The fraction of sp³-hybridized carbons (Fsp3) is 0.208. The van der Waals surface area contributed by atoms with Crippen molar-refractivity contribution in [1.29, 1.82) is 0 Å². The number of aromatic nitrogens is 3. The predicted molar refractivity (Wildman–Crippen MR) is 123 cm³/mol.